The number of hydrogen-bond acceptors (Lipinski definition) is 2. The first-order chi connectivity index (χ1) is 6.66. The Bertz CT molecular complexity index is 192. The molecule has 0 saturated carbocycles. The molecular weight excluding hydrogens is 176 g/mol. The zero-order valence-corrected chi connectivity index (χ0v) is 9.55. The molecule has 82 valence electrons. The number of carbonyl (C=O) groups is 1. The average molecular weight is 198 g/mol. The number of carbonyl (C=O) groups excluding carboxylic acids is 1. The van der Waals surface area contributed by atoms with Crippen molar-refractivity contribution in [1.82, 2.24) is 10.2 Å². The molecule has 0 spiro atoms. The lowest BCUT2D eigenvalue weighted by Gasteiger charge is -2.38. The maximum Gasteiger partial charge on any atom is 0.222 e. The van der Waals surface area contributed by atoms with Crippen molar-refractivity contribution in [1.29, 1.82) is 0 Å². The van der Waals surface area contributed by atoms with E-state index in [1.807, 2.05) is 0 Å². The van der Waals surface area contributed by atoms with E-state index in [1.54, 1.807) is 0 Å². The first-order valence-corrected chi connectivity index (χ1v) is 5.67. The normalized spacial score (nSPS) is 22.9. The Morgan fingerprint density at radius 3 is 2.86 bits per heavy atom. The summed E-state index contributed by atoms with van der Waals surface area (Å²) in [5.41, 5.74) is 0. The van der Waals surface area contributed by atoms with Crippen molar-refractivity contribution in [2.75, 3.05) is 19.6 Å². The second kappa shape index (κ2) is 5.35. The van der Waals surface area contributed by atoms with Gasteiger partial charge in [0.2, 0.25) is 5.91 Å². The summed E-state index contributed by atoms with van der Waals surface area (Å²) in [6.07, 6.45) is 1.65. The van der Waals surface area contributed by atoms with Crippen molar-refractivity contribution in [2.24, 2.45) is 5.92 Å². The molecule has 1 unspecified atom stereocenters. The summed E-state index contributed by atoms with van der Waals surface area (Å²) in [7, 11) is 0. The summed E-state index contributed by atoms with van der Waals surface area (Å²) in [6, 6.07) is 0.391. The Balaban J connectivity index is 2.57. The van der Waals surface area contributed by atoms with E-state index >= 15 is 0 Å². The van der Waals surface area contributed by atoms with Crippen molar-refractivity contribution in [2.45, 2.75) is 39.7 Å². The molecule has 0 aliphatic carbocycles. The Hall–Kier alpha value is -0.570. The average Bonchev–Trinajstić information content (AvgIpc) is 2.18. The number of piperazine rings is 1. The smallest absolute Gasteiger partial charge is 0.222 e. The lowest BCUT2D eigenvalue weighted by Crippen LogP contribution is -2.55. The molecular formula is C11H22N2O. The lowest BCUT2D eigenvalue weighted by molar-refractivity contribution is -0.135. The van der Waals surface area contributed by atoms with Crippen molar-refractivity contribution in [3.63, 3.8) is 0 Å². The van der Waals surface area contributed by atoms with Gasteiger partial charge in [0, 0.05) is 32.1 Å². The molecule has 1 fully saturated rings. The molecule has 1 rings (SSSR count). The minimum atomic E-state index is 0.327. The van der Waals surface area contributed by atoms with Gasteiger partial charge in [0.15, 0.2) is 0 Å². The first-order valence-electron chi connectivity index (χ1n) is 5.67. The molecule has 0 radical (unpaired) electrons. The molecule has 0 aromatic carbocycles. The maximum atomic E-state index is 11.8. The molecule has 0 aromatic heterocycles. The Kier molecular flexibility index (Phi) is 4.39. The predicted octanol–water partition coefficient (Wildman–Crippen LogP) is 1.24. The van der Waals surface area contributed by atoms with E-state index in [1.165, 1.54) is 0 Å². The van der Waals surface area contributed by atoms with Gasteiger partial charge in [-0.15, -0.1) is 0 Å². The van der Waals surface area contributed by atoms with Crippen LogP contribution < -0.4 is 5.32 Å². The molecule has 1 aliphatic heterocycles. The van der Waals surface area contributed by atoms with E-state index in [9.17, 15) is 4.79 Å². The SMILES string of the molecule is CCCC(=O)N1CCNCC1C(C)C. The summed E-state index contributed by atoms with van der Waals surface area (Å²) in [5, 5.41) is 3.35. The summed E-state index contributed by atoms with van der Waals surface area (Å²) in [4.78, 5) is 13.9. The van der Waals surface area contributed by atoms with Crippen LogP contribution in [0.25, 0.3) is 0 Å². The molecule has 1 saturated heterocycles. The molecule has 1 amide bonds. The Morgan fingerprint density at radius 2 is 2.29 bits per heavy atom. The highest BCUT2D eigenvalue weighted by Crippen LogP contribution is 2.14. The number of nitrogens with zero attached hydrogens (tertiary/aromatic N) is 1. The van der Waals surface area contributed by atoms with Gasteiger partial charge < -0.3 is 10.2 Å². The molecule has 1 aliphatic rings. The molecule has 0 bridgehead atoms. The minimum absolute atomic E-state index is 0.327. The monoisotopic (exact) mass is 198 g/mol. The predicted molar refractivity (Wildman–Crippen MR) is 58.1 cm³/mol. The zero-order chi connectivity index (χ0) is 10.6. The van der Waals surface area contributed by atoms with Crippen LogP contribution in [-0.2, 0) is 4.79 Å². The van der Waals surface area contributed by atoms with E-state index in [0.29, 0.717) is 24.3 Å². The maximum absolute atomic E-state index is 11.8. The molecule has 14 heavy (non-hydrogen) atoms. The van der Waals surface area contributed by atoms with Crippen LogP contribution in [0.1, 0.15) is 33.6 Å². The van der Waals surface area contributed by atoms with Crippen LogP contribution in [0.2, 0.25) is 0 Å². The molecule has 1 atom stereocenters. The van der Waals surface area contributed by atoms with Crippen LogP contribution in [-0.4, -0.2) is 36.5 Å². The Labute approximate surface area is 86.9 Å². The number of amides is 1. The van der Waals surface area contributed by atoms with E-state index in [0.717, 1.165) is 26.1 Å². The largest absolute Gasteiger partial charge is 0.337 e. The van der Waals surface area contributed by atoms with E-state index < -0.39 is 0 Å². The molecule has 3 nitrogen and oxygen atoms in total. The highest BCUT2D eigenvalue weighted by atomic mass is 16.2. The third-order valence-corrected chi connectivity index (χ3v) is 2.84. The van der Waals surface area contributed by atoms with Gasteiger partial charge in [-0.2, -0.15) is 0 Å². The summed E-state index contributed by atoms with van der Waals surface area (Å²) < 4.78 is 0. The van der Waals surface area contributed by atoms with Gasteiger partial charge >= 0.3 is 0 Å². The van der Waals surface area contributed by atoms with Gasteiger partial charge in [-0.1, -0.05) is 20.8 Å². The third-order valence-electron chi connectivity index (χ3n) is 2.84. The number of hydrogen-bond donors (Lipinski definition) is 1. The fourth-order valence-corrected chi connectivity index (χ4v) is 1.99. The molecule has 1 N–H and O–H groups in total. The van der Waals surface area contributed by atoms with Crippen LogP contribution in [0, 0.1) is 5.92 Å². The van der Waals surface area contributed by atoms with Crippen LogP contribution >= 0.6 is 0 Å². The Morgan fingerprint density at radius 1 is 1.57 bits per heavy atom. The molecule has 3 heteroatoms. The van der Waals surface area contributed by atoms with E-state index in [2.05, 4.69) is 31.0 Å². The van der Waals surface area contributed by atoms with Crippen molar-refractivity contribution < 1.29 is 4.79 Å². The van der Waals surface area contributed by atoms with Gasteiger partial charge in [-0.25, -0.2) is 0 Å². The van der Waals surface area contributed by atoms with Crippen LogP contribution in [0.5, 0.6) is 0 Å². The van der Waals surface area contributed by atoms with Gasteiger partial charge in [0.05, 0.1) is 0 Å². The standard InChI is InChI=1S/C11H22N2O/c1-4-5-11(14)13-7-6-12-8-10(13)9(2)3/h9-10,12H,4-8H2,1-3H3. The van der Waals surface area contributed by atoms with Gasteiger partial charge in [-0.3, -0.25) is 4.79 Å². The zero-order valence-electron chi connectivity index (χ0n) is 9.55. The van der Waals surface area contributed by atoms with Gasteiger partial charge in [0.25, 0.3) is 0 Å². The third kappa shape index (κ3) is 2.71. The fourth-order valence-electron chi connectivity index (χ4n) is 1.99. The highest BCUT2D eigenvalue weighted by molar-refractivity contribution is 5.76. The molecule has 1 heterocycles. The molecule has 0 aromatic rings. The second-order valence-corrected chi connectivity index (χ2v) is 4.35. The van der Waals surface area contributed by atoms with Crippen molar-refractivity contribution in [3.05, 3.63) is 0 Å². The van der Waals surface area contributed by atoms with Crippen LogP contribution in [0.3, 0.4) is 0 Å². The lowest BCUT2D eigenvalue weighted by atomic mass is 10.00. The quantitative estimate of drug-likeness (QED) is 0.740. The van der Waals surface area contributed by atoms with Crippen molar-refractivity contribution in [3.8, 4) is 0 Å². The number of rotatable bonds is 3. The van der Waals surface area contributed by atoms with E-state index in [-0.39, 0.29) is 0 Å². The van der Waals surface area contributed by atoms with Gasteiger partial charge in [0.1, 0.15) is 0 Å². The topological polar surface area (TPSA) is 32.3 Å². The number of nitrogens with one attached hydrogen (secondary N) is 1. The van der Waals surface area contributed by atoms with Crippen LogP contribution in [0.4, 0.5) is 0 Å². The van der Waals surface area contributed by atoms with E-state index in [4.69, 9.17) is 0 Å². The van der Waals surface area contributed by atoms with Gasteiger partial charge in [-0.05, 0) is 12.3 Å². The summed E-state index contributed by atoms with van der Waals surface area (Å²) in [6.45, 7) is 9.20. The summed E-state index contributed by atoms with van der Waals surface area (Å²) in [5.74, 6) is 0.872. The summed E-state index contributed by atoms with van der Waals surface area (Å²) >= 11 is 0. The highest BCUT2D eigenvalue weighted by Gasteiger charge is 2.27. The van der Waals surface area contributed by atoms with Crippen LogP contribution in [0.15, 0.2) is 0 Å². The fraction of sp³-hybridized carbons (Fsp3) is 0.909. The second-order valence-electron chi connectivity index (χ2n) is 4.35. The first kappa shape index (κ1) is 11.5. The minimum Gasteiger partial charge on any atom is -0.337 e. The van der Waals surface area contributed by atoms with Crippen molar-refractivity contribution >= 4 is 5.91 Å².